The molecule has 0 saturated heterocycles. The SMILES string of the molecule is Cc1cccc(Cl)c1C(C)(CN)CO. The summed E-state index contributed by atoms with van der Waals surface area (Å²) in [5.74, 6) is 0. The van der Waals surface area contributed by atoms with Crippen molar-refractivity contribution in [2.24, 2.45) is 5.73 Å². The molecule has 2 nitrogen and oxygen atoms in total. The van der Waals surface area contributed by atoms with E-state index in [4.69, 9.17) is 17.3 Å². The molecule has 0 bridgehead atoms. The lowest BCUT2D eigenvalue weighted by atomic mass is 9.81. The van der Waals surface area contributed by atoms with Crippen LogP contribution in [0.4, 0.5) is 0 Å². The number of aryl methyl sites for hydroxylation is 1. The first-order valence-electron chi connectivity index (χ1n) is 4.61. The molecule has 1 aromatic carbocycles. The summed E-state index contributed by atoms with van der Waals surface area (Å²) in [5, 5.41) is 10.0. The average molecular weight is 214 g/mol. The molecule has 78 valence electrons. The number of rotatable bonds is 3. The number of benzene rings is 1. The summed E-state index contributed by atoms with van der Waals surface area (Å²) in [7, 11) is 0. The standard InChI is InChI=1S/C11H16ClNO/c1-8-4-3-5-9(12)10(8)11(2,6-13)7-14/h3-5,14H,6-7,13H2,1-2H3. The molecular formula is C11H16ClNO. The molecule has 1 atom stereocenters. The van der Waals surface area contributed by atoms with Crippen LogP contribution in [-0.4, -0.2) is 18.3 Å². The lowest BCUT2D eigenvalue weighted by Crippen LogP contribution is -2.36. The molecule has 0 spiro atoms. The number of nitrogens with two attached hydrogens (primary N) is 1. The van der Waals surface area contributed by atoms with Gasteiger partial charge in [-0.2, -0.15) is 0 Å². The molecule has 0 fully saturated rings. The third-order valence-corrected chi connectivity index (χ3v) is 2.94. The van der Waals surface area contributed by atoms with Crippen LogP contribution in [-0.2, 0) is 5.41 Å². The zero-order chi connectivity index (χ0) is 10.8. The predicted octanol–water partition coefficient (Wildman–Crippen LogP) is 1.86. The molecule has 0 aliphatic heterocycles. The normalized spacial score (nSPS) is 15.2. The molecule has 0 amide bonds. The monoisotopic (exact) mass is 213 g/mol. The Balaban J connectivity index is 3.29. The fraction of sp³-hybridized carbons (Fsp3) is 0.455. The summed E-state index contributed by atoms with van der Waals surface area (Å²) in [6.45, 7) is 4.29. The van der Waals surface area contributed by atoms with E-state index in [1.54, 1.807) is 0 Å². The van der Waals surface area contributed by atoms with E-state index in [0.29, 0.717) is 11.6 Å². The highest BCUT2D eigenvalue weighted by Gasteiger charge is 2.27. The number of aliphatic hydroxyl groups excluding tert-OH is 1. The Hall–Kier alpha value is -0.570. The molecule has 1 unspecified atom stereocenters. The minimum Gasteiger partial charge on any atom is -0.395 e. The highest BCUT2D eigenvalue weighted by Crippen LogP contribution is 2.31. The van der Waals surface area contributed by atoms with E-state index in [1.807, 2.05) is 32.0 Å². The number of halogens is 1. The van der Waals surface area contributed by atoms with E-state index >= 15 is 0 Å². The molecule has 3 N–H and O–H groups in total. The van der Waals surface area contributed by atoms with Gasteiger partial charge < -0.3 is 10.8 Å². The third-order valence-electron chi connectivity index (χ3n) is 2.62. The molecule has 14 heavy (non-hydrogen) atoms. The second-order valence-corrected chi connectivity index (χ2v) is 4.26. The summed E-state index contributed by atoms with van der Waals surface area (Å²) in [6.07, 6.45) is 0. The summed E-state index contributed by atoms with van der Waals surface area (Å²) in [6, 6.07) is 5.70. The highest BCUT2D eigenvalue weighted by molar-refractivity contribution is 6.31. The Bertz CT molecular complexity index is 301. The van der Waals surface area contributed by atoms with Gasteiger partial charge in [-0.1, -0.05) is 30.7 Å². The average Bonchev–Trinajstić information content (AvgIpc) is 2.17. The fourth-order valence-electron chi connectivity index (χ4n) is 1.64. The second kappa shape index (κ2) is 4.30. The number of hydrogen-bond donors (Lipinski definition) is 2. The van der Waals surface area contributed by atoms with Crippen LogP contribution < -0.4 is 5.73 Å². The first-order valence-corrected chi connectivity index (χ1v) is 4.99. The Labute approximate surface area is 89.7 Å². The van der Waals surface area contributed by atoms with E-state index in [1.165, 1.54) is 0 Å². The van der Waals surface area contributed by atoms with Crippen LogP contribution in [0.2, 0.25) is 5.02 Å². The van der Waals surface area contributed by atoms with Gasteiger partial charge in [-0.15, -0.1) is 0 Å². The Morgan fingerprint density at radius 1 is 1.50 bits per heavy atom. The summed E-state index contributed by atoms with van der Waals surface area (Å²) < 4.78 is 0. The van der Waals surface area contributed by atoms with E-state index in [2.05, 4.69) is 0 Å². The highest BCUT2D eigenvalue weighted by atomic mass is 35.5. The Morgan fingerprint density at radius 2 is 2.14 bits per heavy atom. The van der Waals surface area contributed by atoms with Gasteiger partial charge in [0, 0.05) is 17.0 Å². The van der Waals surface area contributed by atoms with Crippen molar-refractivity contribution in [2.75, 3.05) is 13.2 Å². The molecule has 0 saturated carbocycles. The molecule has 1 rings (SSSR count). The maximum atomic E-state index is 9.35. The molecule has 0 radical (unpaired) electrons. The van der Waals surface area contributed by atoms with Crippen molar-refractivity contribution in [1.29, 1.82) is 0 Å². The number of hydrogen-bond acceptors (Lipinski definition) is 2. The van der Waals surface area contributed by atoms with Gasteiger partial charge in [0.1, 0.15) is 0 Å². The van der Waals surface area contributed by atoms with Crippen LogP contribution >= 0.6 is 11.6 Å². The van der Waals surface area contributed by atoms with Crippen LogP contribution in [0.3, 0.4) is 0 Å². The molecule has 0 aromatic heterocycles. The second-order valence-electron chi connectivity index (χ2n) is 3.85. The van der Waals surface area contributed by atoms with Crippen molar-refractivity contribution in [3.05, 3.63) is 34.3 Å². The first-order chi connectivity index (χ1) is 6.55. The van der Waals surface area contributed by atoms with Crippen LogP contribution in [0.25, 0.3) is 0 Å². The van der Waals surface area contributed by atoms with Gasteiger partial charge in [-0.25, -0.2) is 0 Å². The maximum Gasteiger partial charge on any atom is 0.0538 e. The largest absolute Gasteiger partial charge is 0.395 e. The van der Waals surface area contributed by atoms with E-state index in [0.717, 1.165) is 11.1 Å². The van der Waals surface area contributed by atoms with Gasteiger partial charge in [0.25, 0.3) is 0 Å². The van der Waals surface area contributed by atoms with Crippen molar-refractivity contribution in [2.45, 2.75) is 19.3 Å². The van der Waals surface area contributed by atoms with Gasteiger partial charge in [-0.05, 0) is 24.1 Å². The first kappa shape index (κ1) is 11.5. The van der Waals surface area contributed by atoms with Crippen molar-refractivity contribution in [3.8, 4) is 0 Å². The summed E-state index contributed by atoms with van der Waals surface area (Å²) in [5.41, 5.74) is 7.25. The van der Waals surface area contributed by atoms with Crippen LogP contribution in [0.1, 0.15) is 18.1 Å². The number of aliphatic hydroxyl groups is 1. The molecule has 0 aliphatic rings. The predicted molar refractivity (Wildman–Crippen MR) is 59.7 cm³/mol. The molecule has 3 heteroatoms. The van der Waals surface area contributed by atoms with Gasteiger partial charge in [0.15, 0.2) is 0 Å². The molecule has 0 aliphatic carbocycles. The van der Waals surface area contributed by atoms with Crippen molar-refractivity contribution >= 4 is 11.6 Å². The summed E-state index contributed by atoms with van der Waals surface area (Å²) in [4.78, 5) is 0. The maximum absolute atomic E-state index is 9.35. The summed E-state index contributed by atoms with van der Waals surface area (Å²) >= 11 is 6.10. The minimum atomic E-state index is -0.442. The quantitative estimate of drug-likeness (QED) is 0.805. The smallest absolute Gasteiger partial charge is 0.0538 e. The Kier molecular flexibility index (Phi) is 3.53. The lowest BCUT2D eigenvalue weighted by molar-refractivity contribution is 0.210. The van der Waals surface area contributed by atoms with Crippen LogP contribution in [0, 0.1) is 6.92 Å². The topological polar surface area (TPSA) is 46.2 Å². The Morgan fingerprint density at radius 3 is 2.57 bits per heavy atom. The van der Waals surface area contributed by atoms with Gasteiger partial charge >= 0.3 is 0 Å². The zero-order valence-electron chi connectivity index (χ0n) is 8.55. The lowest BCUT2D eigenvalue weighted by Gasteiger charge is -2.28. The molecular weight excluding hydrogens is 198 g/mol. The third kappa shape index (κ3) is 1.92. The zero-order valence-corrected chi connectivity index (χ0v) is 9.30. The van der Waals surface area contributed by atoms with Crippen LogP contribution in [0.5, 0.6) is 0 Å². The fourth-order valence-corrected chi connectivity index (χ4v) is 2.09. The van der Waals surface area contributed by atoms with Crippen LogP contribution in [0.15, 0.2) is 18.2 Å². The molecule has 1 aromatic rings. The van der Waals surface area contributed by atoms with Crippen molar-refractivity contribution in [1.82, 2.24) is 0 Å². The van der Waals surface area contributed by atoms with Gasteiger partial charge in [0.05, 0.1) is 6.61 Å². The van der Waals surface area contributed by atoms with Gasteiger partial charge in [0.2, 0.25) is 0 Å². The van der Waals surface area contributed by atoms with Crippen molar-refractivity contribution in [3.63, 3.8) is 0 Å². The van der Waals surface area contributed by atoms with E-state index < -0.39 is 5.41 Å². The van der Waals surface area contributed by atoms with E-state index in [-0.39, 0.29) is 6.61 Å². The molecule has 0 heterocycles. The van der Waals surface area contributed by atoms with Crippen molar-refractivity contribution < 1.29 is 5.11 Å². The van der Waals surface area contributed by atoms with E-state index in [9.17, 15) is 5.11 Å². The minimum absolute atomic E-state index is 0.00801. The van der Waals surface area contributed by atoms with Gasteiger partial charge in [-0.3, -0.25) is 0 Å².